The van der Waals surface area contributed by atoms with E-state index in [1.807, 2.05) is 33.3 Å². The van der Waals surface area contributed by atoms with Crippen molar-refractivity contribution in [1.82, 2.24) is 0 Å². The summed E-state index contributed by atoms with van der Waals surface area (Å²) < 4.78 is 34.1. The summed E-state index contributed by atoms with van der Waals surface area (Å²) in [5.41, 5.74) is 0. The van der Waals surface area contributed by atoms with Gasteiger partial charge in [0.2, 0.25) is 0 Å². The Bertz CT molecular complexity index is 1150. The number of carbonyl (C=O) groups excluding carboxylic acids is 2. The predicted octanol–water partition coefficient (Wildman–Crippen LogP) is 10.2. The molecule has 0 aromatic heterocycles. The van der Waals surface area contributed by atoms with E-state index in [2.05, 4.69) is 50.3 Å². The number of esters is 2. The molecule has 1 unspecified atom stereocenters. The molecule has 0 saturated heterocycles. The van der Waals surface area contributed by atoms with Crippen LogP contribution in [0.4, 0.5) is 0 Å². The quantitative estimate of drug-likeness (QED) is 0.0180. The van der Waals surface area contributed by atoms with Crippen LogP contribution in [0.15, 0.2) is 48.6 Å². The number of hydrogen-bond acceptors (Lipinski definition) is 9. The monoisotopic (exact) mass is 829 g/mol. The highest BCUT2D eigenvalue weighted by Gasteiger charge is 2.27. The number of hydrogen-bond donors (Lipinski definition) is 3. The second kappa shape index (κ2) is 36.9. The molecule has 0 aliphatic rings. The molecule has 0 aromatic carbocycles. The first-order chi connectivity index (χ1) is 27.3. The van der Waals surface area contributed by atoms with Crippen molar-refractivity contribution < 1.29 is 52.3 Å². The molecule has 0 heterocycles. The molecule has 12 heteroatoms. The minimum Gasteiger partial charge on any atom is -0.462 e. The highest BCUT2D eigenvalue weighted by molar-refractivity contribution is 7.47. The zero-order chi connectivity index (χ0) is 42.5. The van der Waals surface area contributed by atoms with Gasteiger partial charge in [0.25, 0.3) is 0 Å². The number of allylic oxidation sites excluding steroid dienone is 7. The molecular formula is C45H83NO10P+. The van der Waals surface area contributed by atoms with Gasteiger partial charge in [-0.25, -0.2) is 4.57 Å². The van der Waals surface area contributed by atoms with E-state index in [0.29, 0.717) is 23.9 Å². The molecule has 0 rings (SSSR count). The number of rotatable bonds is 39. The molecule has 332 valence electrons. The van der Waals surface area contributed by atoms with Gasteiger partial charge in [0, 0.05) is 12.8 Å². The van der Waals surface area contributed by atoms with Crippen LogP contribution in [-0.2, 0) is 32.7 Å². The maximum atomic E-state index is 12.7. The van der Waals surface area contributed by atoms with Gasteiger partial charge in [0.1, 0.15) is 19.8 Å². The topological polar surface area (TPSA) is 149 Å². The van der Waals surface area contributed by atoms with E-state index in [1.54, 1.807) is 0 Å². The highest BCUT2D eigenvalue weighted by Crippen LogP contribution is 2.43. The second-order valence-corrected chi connectivity index (χ2v) is 17.5. The second-order valence-electron chi connectivity index (χ2n) is 16.0. The van der Waals surface area contributed by atoms with Crippen molar-refractivity contribution >= 4 is 19.8 Å². The SMILES string of the molecule is CC/C=C\C/C=C\C/C=C\C/C=C\C[C@H](O)[C@@H](O)CCCC(=O)OC[C@H](COP(=O)(O)OCC[N+](C)(C)C)OC(=O)CCCCCCCCCCCCCCCC. The van der Waals surface area contributed by atoms with E-state index in [-0.39, 0.29) is 38.9 Å². The van der Waals surface area contributed by atoms with Crippen LogP contribution in [0, 0.1) is 0 Å². The van der Waals surface area contributed by atoms with Crippen molar-refractivity contribution in [2.75, 3.05) is 47.5 Å². The minimum absolute atomic E-state index is 0.0141. The van der Waals surface area contributed by atoms with E-state index in [9.17, 15) is 29.3 Å². The molecule has 0 amide bonds. The van der Waals surface area contributed by atoms with E-state index < -0.39 is 44.7 Å². The van der Waals surface area contributed by atoms with Gasteiger partial charge in [0.15, 0.2) is 6.10 Å². The lowest BCUT2D eigenvalue weighted by molar-refractivity contribution is -0.870. The van der Waals surface area contributed by atoms with Crippen molar-refractivity contribution in [1.29, 1.82) is 0 Å². The Balaban J connectivity index is 4.60. The third-order valence-corrected chi connectivity index (χ3v) is 10.3. The van der Waals surface area contributed by atoms with Crippen LogP contribution < -0.4 is 0 Å². The molecular weight excluding hydrogens is 745 g/mol. The minimum atomic E-state index is -4.44. The Morgan fingerprint density at radius 3 is 1.63 bits per heavy atom. The summed E-state index contributed by atoms with van der Waals surface area (Å²) in [6.45, 7) is 3.96. The van der Waals surface area contributed by atoms with Gasteiger partial charge in [-0.2, -0.15) is 0 Å². The number of aliphatic hydroxyl groups is 2. The molecule has 0 radical (unpaired) electrons. The Kier molecular flexibility index (Phi) is 35.6. The van der Waals surface area contributed by atoms with E-state index in [0.717, 1.165) is 44.9 Å². The number of likely N-dealkylation sites (N-methyl/N-ethyl adjacent to an activating group) is 1. The van der Waals surface area contributed by atoms with Gasteiger partial charge in [0.05, 0.1) is 40.0 Å². The fourth-order valence-electron chi connectivity index (χ4n) is 5.75. The molecule has 3 N–H and O–H groups in total. The van der Waals surface area contributed by atoms with Crippen LogP contribution in [-0.4, -0.2) is 97.3 Å². The van der Waals surface area contributed by atoms with E-state index in [4.69, 9.17) is 18.5 Å². The van der Waals surface area contributed by atoms with Gasteiger partial charge < -0.3 is 29.1 Å². The number of ether oxygens (including phenoxy) is 2. The molecule has 0 fully saturated rings. The van der Waals surface area contributed by atoms with Gasteiger partial charge in [-0.3, -0.25) is 18.6 Å². The Morgan fingerprint density at radius 2 is 1.11 bits per heavy atom. The number of phosphoric ester groups is 1. The zero-order valence-electron chi connectivity index (χ0n) is 36.5. The third-order valence-electron chi connectivity index (χ3n) is 9.32. The molecule has 11 nitrogen and oxygen atoms in total. The van der Waals surface area contributed by atoms with Crippen molar-refractivity contribution in [2.24, 2.45) is 0 Å². The highest BCUT2D eigenvalue weighted by atomic mass is 31.2. The van der Waals surface area contributed by atoms with Crippen LogP contribution in [0.3, 0.4) is 0 Å². The Morgan fingerprint density at radius 1 is 0.614 bits per heavy atom. The van der Waals surface area contributed by atoms with Crippen LogP contribution >= 0.6 is 7.82 Å². The van der Waals surface area contributed by atoms with E-state index >= 15 is 0 Å². The third kappa shape index (κ3) is 39.1. The fourth-order valence-corrected chi connectivity index (χ4v) is 6.49. The van der Waals surface area contributed by atoms with Crippen LogP contribution in [0.2, 0.25) is 0 Å². The summed E-state index contributed by atoms with van der Waals surface area (Å²) in [7, 11) is 1.32. The summed E-state index contributed by atoms with van der Waals surface area (Å²) in [5.74, 6) is -1.09. The number of quaternary nitrogens is 1. The summed E-state index contributed by atoms with van der Waals surface area (Å²) >= 11 is 0. The molecule has 0 aliphatic heterocycles. The van der Waals surface area contributed by atoms with E-state index in [1.165, 1.54) is 64.2 Å². The molecule has 0 aliphatic carbocycles. The van der Waals surface area contributed by atoms with Crippen LogP contribution in [0.5, 0.6) is 0 Å². The van der Waals surface area contributed by atoms with Crippen molar-refractivity contribution in [3.05, 3.63) is 48.6 Å². The first kappa shape index (κ1) is 54.9. The summed E-state index contributed by atoms with van der Waals surface area (Å²) in [4.78, 5) is 35.4. The van der Waals surface area contributed by atoms with Crippen molar-refractivity contribution in [3.8, 4) is 0 Å². The van der Waals surface area contributed by atoms with Crippen molar-refractivity contribution in [3.63, 3.8) is 0 Å². The predicted molar refractivity (Wildman–Crippen MR) is 232 cm³/mol. The summed E-state index contributed by atoms with van der Waals surface area (Å²) in [6.07, 6.45) is 34.8. The lowest BCUT2D eigenvalue weighted by Crippen LogP contribution is -2.37. The standard InChI is InChI=1S/C45H82NO10P/c1-6-8-10-12-14-16-18-20-21-23-25-27-29-31-35-45(50)56-41(40-55-57(51,52)54-38-37-46(3,4)5)39-53-44(49)36-32-34-43(48)42(47)33-30-28-26-24-22-19-17-15-13-11-9-7-2/h9,11,15,17,22,24,28,30,41-43,47-48H,6-8,10,12-14,16,18-21,23,25-27,29,31-40H2,1-5H3/p+1/b11-9-,17-15-,24-22-,30-28-/t41-,42+,43+/m1/s1. The molecule has 57 heavy (non-hydrogen) atoms. The van der Waals surface area contributed by atoms with Gasteiger partial charge in [-0.15, -0.1) is 0 Å². The molecule has 0 saturated carbocycles. The molecule has 0 spiro atoms. The van der Waals surface area contributed by atoms with Gasteiger partial charge in [-0.05, 0) is 51.4 Å². The molecule has 4 atom stereocenters. The smallest absolute Gasteiger partial charge is 0.462 e. The lowest BCUT2D eigenvalue weighted by Gasteiger charge is -2.24. The number of nitrogens with zero attached hydrogens (tertiary/aromatic N) is 1. The fraction of sp³-hybridized carbons (Fsp3) is 0.778. The Labute approximate surface area is 347 Å². The average Bonchev–Trinajstić information content (AvgIpc) is 3.15. The van der Waals surface area contributed by atoms with Crippen LogP contribution in [0.1, 0.15) is 162 Å². The largest absolute Gasteiger partial charge is 0.472 e. The maximum Gasteiger partial charge on any atom is 0.472 e. The number of carbonyl (C=O) groups is 2. The first-order valence-corrected chi connectivity index (χ1v) is 23.5. The molecule has 0 bridgehead atoms. The average molecular weight is 829 g/mol. The number of phosphoric acid groups is 1. The molecule has 0 aromatic rings. The zero-order valence-corrected chi connectivity index (χ0v) is 37.4. The maximum absolute atomic E-state index is 12.7. The normalized spacial score (nSPS) is 15.2. The summed E-state index contributed by atoms with van der Waals surface area (Å²) in [6, 6.07) is 0. The number of unbranched alkanes of at least 4 members (excludes halogenated alkanes) is 13. The first-order valence-electron chi connectivity index (χ1n) is 22.0. The number of aliphatic hydroxyl groups excluding tert-OH is 2. The Hall–Kier alpha value is -2.11. The van der Waals surface area contributed by atoms with Crippen LogP contribution in [0.25, 0.3) is 0 Å². The lowest BCUT2D eigenvalue weighted by atomic mass is 10.0. The van der Waals surface area contributed by atoms with Gasteiger partial charge in [-0.1, -0.05) is 146 Å². The van der Waals surface area contributed by atoms with Crippen molar-refractivity contribution in [2.45, 2.75) is 180 Å². The summed E-state index contributed by atoms with van der Waals surface area (Å²) in [5, 5.41) is 20.7. The van der Waals surface area contributed by atoms with Gasteiger partial charge >= 0.3 is 19.8 Å².